The molecule has 1 saturated carbocycles. The lowest BCUT2D eigenvalue weighted by Crippen LogP contribution is -2.54. The number of hydrogen-bond donors (Lipinski definition) is 3. The topological polar surface area (TPSA) is 134 Å². The number of nitrogens with one attached hydrogen (secondary N) is 2. The summed E-state index contributed by atoms with van der Waals surface area (Å²) in [5, 5.41) is 15.3. The number of nitrogens with zero attached hydrogens (tertiary/aromatic N) is 1. The van der Waals surface area contributed by atoms with Gasteiger partial charge in [-0.05, 0) is 88.3 Å². The van der Waals surface area contributed by atoms with Crippen molar-refractivity contribution < 1.29 is 33.8 Å². The van der Waals surface area contributed by atoms with E-state index in [-0.39, 0.29) is 43.7 Å². The van der Waals surface area contributed by atoms with Gasteiger partial charge in [0, 0.05) is 19.0 Å². The van der Waals surface area contributed by atoms with Gasteiger partial charge in [-0.3, -0.25) is 14.4 Å². The van der Waals surface area contributed by atoms with E-state index in [1.807, 2.05) is 39.0 Å². The monoisotopic (exact) mass is 595 g/mol. The Morgan fingerprint density at radius 3 is 2.26 bits per heavy atom. The van der Waals surface area contributed by atoms with Crippen molar-refractivity contribution in [1.29, 1.82) is 0 Å². The molecule has 3 rings (SSSR count). The third-order valence-corrected chi connectivity index (χ3v) is 7.35. The number of phenols is 1. The highest BCUT2D eigenvalue weighted by atomic mass is 16.6. The Morgan fingerprint density at radius 2 is 1.70 bits per heavy atom. The molecule has 3 amide bonds. The average Bonchev–Trinajstić information content (AvgIpc) is 3.64. The number of esters is 1. The summed E-state index contributed by atoms with van der Waals surface area (Å²) in [5.41, 5.74) is 2.55. The average molecular weight is 596 g/mol. The van der Waals surface area contributed by atoms with Crippen molar-refractivity contribution in [3.63, 3.8) is 0 Å². The molecule has 0 saturated heterocycles. The van der Waals surface area contributed by atoms with Crippen LogP contribution in [0.4, 0.5) is 4.79 Å². The Kier molecular flexibility index (Phi) is 11.2. The Balaban J connectivity index is 2.02. The van der Waals surface area contributed by atoms with Gasteiger partial charge in [0.05, 0.1) is 13.0 Å². The van der Waals surface area contributed by atoms with Crippen molar-refractivity contribution in [3.8, 4) is 5.75 Å². The van der Waals surface area contributed by atoms with E-state index >= 15 is 0 Å². The molecule has 1 fully saturated rings. The van der Waals surface area contributed by atoms with Gasteiger partial charge >= 0.3 is 12.1 Å². The van der Waals surface area contributed by atoms with E-state index in [1.165, 1.54) is 12.1 Å². The minimum absolute atomic E-state index is 0.00329. The minimum atomic E-state index is -1.06. The highest BCUT2D eigenvalue weighted by Crippen LogP contribution is 2.41. The molecule has 2 aromatic carbocycles. The number of alkyl carbamates (subject to hydrolysis) is 1. The number of carbonyl (C=O) groups is 4. The van der Waals surface area contributed by atoms with Crippen LogP contribution in [0.15, 0.2) is 42.5 Å². The van der Waals surface area contributed by atoms with Crippen molar-refractivity contribution >= 4 is 23.9 Å². The second-order valence-electron chi connectivity index (χ2n) is 12.2. The molecule has 0 heterocycles. The first-order valence-corrected chi connectivity index (χ1v) is 14.8. The maximum atomic E-state index is 14.5. The zero-order valence-electron chi connectivity index (χ0n) is 26.2. The first-order chi connectivity index (χ1) is 20.2. The van der Waals surface area contributed by atoms with Crippen LogP contribution in [-0.4, -0.2) is 64.7 Å². The molecule has 4 unspecified atom stereocenters. The van der Waals surface area contributed by atoms with Crippen LogP contribution in [0, 0.1) is 19.8 Å². The Bertz CT molecular complexity index is 1300. The zero-order valence-corrected chi connectivity index (χ0v) is 26.2. The number of aryl methyl sites for hydroxylation is 2. The summed E-state index contributed by atoms with van der Waals surface area (Å²) >= 11 is 0. The summed E-state index contributed by atoms with van der Waals surface area (Å²) in [5.74, 6) is -1.07. The minimum Gasteiger partial charge on any atom is -0.508 e. The third-order valence-electron chi connectivity index (χ3n) is 7.35. The molecule has 3 N–H and O–H groups in total. The first kappa shape index (κ1) is 33.4. The number of ether oxygens (including phenoxy) is 2. The molecule has 4 atom stereocenters. The van der Waals surface area contributed by atoms with Gasteiger partial charge in [-0.15, -0.1) is 0 Å². The number of aromatic hydroxyl groups is 1. The lowest BCUT2D eigenvalue weighted by atomic mass is 9.97. The molecule has 1 aliphatic rings. The van der Waals surface area contributed by atoms with Gasteiger partial charge in [-0.25, -0.2) is 4.79 Å². The van der Waals surface area contributed by atoms with E-state index in [0.717, 1.165) is 11.1 Å². The van der Waals surface area contributed by atoms with Gasteiger partial charge in [0.15, 0.2) is 0 Å². The van der Waals surface area contributed by atoms with Crippen molar-refractivity contribution in [2.24, 2.45) is 5.92 Å². The summed E-state index contributed by atoms with van der Waals surface area (Å²) in [7, 11) is 0. The van der Waals surface area contributed by atoms with E-state index < -0.39 is 41.6 Å². The number of rotatable bonds is 12. The smallest absolute Gasteiger partial charge is 0.408 e. The molecule has 1 aliphatic carbocycles. The molecule has 0 aromatic heterocycles. The standard InChI is InChI=1S/C33H45N3O7/c1-8-42-28(38)15-16-34-30(39)29(24-12-9-20(2)21(3)17-24)36(27-18-22(27)4)31(40)26(35-32(41)43-33(5,6)7)19-23-10-13-25(37)14-11-23/h9-14,17,22,26-27,29,37H,8,15-16,18-19H2,1-7H3,(H,34,39)(H,35,41). The van der Waals surface area contributed by atoms with Crippen molar-refractivity contribution in [1.82, 2.24) is 15.5 Å². The van der Waals surface area contributed by atoms with E-state index in [9.17, 15) is 24.3 Å². The van der Waals surface area contributed by atoms with E-state index in [2.05, 4.69) is 10.6 Å². The molecule has 0 radical (unpaired) electrons. The number of hydrogen-bond acceptors (Lipinski definition) is 7. The number of amides is 3. The highest BCUT2D eigenvalue weighted by molar-refractivity contribution is 5.93. The van der Waals surface area contributed by atoms with Crippen LogP contribution >= 0.6 is 0 Å². The van der Waals surface area contributed by atoms with Crippen LogP contribution in [0.2, 0.25) is 0 Å². The summed E-state index contributed by atoms with van der Waals surface area (Å²) in [6.07, 6.45) is 0.0493. The highest BCUT2D eigenvalue weighted by Gasteiger charge is 2.48. The molecule has 10 heteroatoms. The van der Waals surface area contributed by atoms with E-state index in [4.69, 9.17) is 9.47 Å². The fourth-order valence-electron chi connectivity index (χ4n) is 4.86. The van der Waals surface area contributed by atoms with Gasteiger partial charge in [-0.2, -0.15) is 0 Å². The van der Waals surface area contributed by atoms with Crippen molar-refractivity contribution in [2.75, 3.05) is 13.2 Å². The third kappa shape index (κ3) is 9.73. The van der Waals surface area contributed by atoms with Crippen LogP contribution in [0.1, 0.15) is 75.8 Å². The van der Waals surface area contributed by atoms with E-state index in [1.54, 1.807) is 44.7 Å². The summed E-state index contributed by atoms with van der Waals surface area (Å²) in [6.45, 7) is 13.1. The van der Waals surface area contributed by atoms with E-state index in [0.29, 0.717) is 17.5 Å². The summed E-state index contributed by atoms with van der Waals surface area (Å²) < 4.78 is 10.5. The van der Waals surface area contributed by atoms with Crippen LogP contribution in [0.25, 0.3) is 0 Å². The molecular weight excluding hydrogens is 550 g/mol. The van der Waals surface area contributed by atoms with Gasteiger partial charge in [0.2, 0.25) is 11.8 Å². The molecule has 2 aromatic rings. The Morgan fingerprint density at radius 1 is 1.05 bits per heavy atom. The normalized spacial score (nSPS) is 17.3. The van der Waals surface area contributed by atoms with Crippen molar-refractivity contribution in [2.45, 2.75) is 91.5 Å². The predicted octanol–water partition coefficient (Wildman–Crippen LogP) is 4.49. The SMILES string of the molecule is CCOC(=O)CCNC(=O)C(c1ccc(C)c(C)c1)N(C(=O)C(Cc1ccc(O)cc1)NC(=O)OC(C)(C)C)C1CC1C. The molecular formula is C33H45N3O7. The predicted molar refractivity (Wildman–Crippen MR) is 162 cm³/mol. The van der Waals surface area contributed by atoms with Gasteiger partial charge in [0.25, 0.3) is 0 Å². The van der Waals surface area contributed by atoms with Gasteiger partial charge < -0.3 is 30.1 Å². The molecule has 43 heavy (non-hydrogen) atoms. The van der Waals surface area contributed by atoms with Gasteiger partial charge in [-0.1, -0.05) is 37.3 Å². The summed E-state index contributed by atoms with van der Waals surface area (Å²) in [4.78, 5) is 54.9. The largest absolute Gasteiger partial charge is 0.508 e. The lowest BCUT2D eigenvalue weighted by Gasteiger charge is -2.35. The number of phenolic OH excluding ortho intramolecular Hbond substituents is 1. The Hall–Kier alpha value is -4.08. The quantitative estimate of drug-likeness (QED) is 0.308. The fraction of sp³-hybridized carbons (Fsp3) is 0.515. The van der Waals surface area contributed by atoms with Crippen LogP contribution < -0.4 is 10.6 Å². The molecule has 10 nitrogen and oxygen atoms in total. The summed E-state index contributed by atoms with van der Waals surface area (Å²) in [6, 6.07) is 9.72. The fourth-order valence-corrected chi connectivity index (χ4v) is 4.86. The Labute approximate surface area is 254 Å². The maximum absolute atomic E-state index is 14.5. The van der Waals surface area contributed by atoms with Crippen LogP contribution in [0.3, 0.4) is 0 Å². The first-order valence-electron chi connectivity index (χ1n) is 14.8. The number of carbonyl (C=O) groups excluding carboxylic acids is 4. The molecule has 0 bridgehead atoms. The van der Waals surface area contributed by atoms with Crippen LogP contribution in [0.5, 0.6) is 5.75 Å². The molecule has 0 aliphatic heterocycles. The second-order valence-corrected chi connectivity index (χ2v) is 12.2. The van der Waals surface area contributed by atoms with Crippen molar-refractivity contribution in [3.05, 3.63) is 64.7 Å². The second kappa shape index (κ2) is 14.4. The zero-order chi connectivity index (χ0) is 31.9. The lowest BCUT2D eigenvalue weighted by molar-refractivity contribution is -0.145. The van der Waals surface area contributed by atoms with Crippen LogP contribution in [-0.2, 0) is 30.3 Å². The van der Waals surface area contributed by atoms with Gasteiger partial charge in [0.1, 0.15) is 23.4 Å². The molecule has 234 valence electrons. The maximum Gasteiger partial charge on any atom is 0.408 e. The molecule has 0 spiro atoms. The number of benzene rings is 2.